The zero-order chi connectivity index (χ0) is 13.9. The van der Waals surface area contributed by atoms with Gasteiger partial charge >= 0.3 is 0 Å². The van der Waals surface area contributed by atoms with E-state index in [-0.39, 0.29) is 12.6 Å². The number of fused-ring (bicyclic) bond motifs is 1. The first-order valence-electron chi connectivity index (χ1n) is 6.71. The minimum Gasteiger partial charge on any atom is -0.395 e. The summed E-state index contributed by atoms with van der Waals surface area (Å²) in [4.78, 5) is 11.0. The smallest absolute Gasteiger partial charge is 0.145 e. The number of ether oxygens (including phenoxy) is 1. The first-order valence-corrected chi connectivity index (χ1v) is 6.71. The Balaban J connectivity index is 1.86. The summed E-state index contributed by atoms with van der Waals surface area (Å²) in [6.07, 6.45) is 0. The number of nitrogens with zero attached hydrogens (tertiary/aromatic N) is 3. The lowest BCUT2D eigenvalue weighted by Crippen LogP contribution is -2.47. The summed E-state index contributed by atoms with van der Waals surface area (Å²) in [5.74, 6) is 1.18. The molecule has 1 unspecified atom stereocenters. The minimum atomic E-state index is 0.0000415. The van der Waals surface area contributed by atoms with Gasteiger partial charge in [-0.25, -0.2) is 9.97 Å². The summed E-state index contributed by atoms with van der Waals surface area (Å²) < 4.78 is 5.37. The highest BCUT2D eigenvalue weighted by molar-refractivity contribution is 5.87. The largest absolute Gasteiger partial charge is 0.395 e. The van der Waals surface area contributed by atoms with Crippen LogP contribution in [0.4, 0.5) is 5.82 Å². The van der Waals surface area contributed by atoms with Gasteiger partial charge < -0.3 is 15.6 Å². The topological polar surface area (TPSA) is 84.5 Å². The number of para-hydroxylation sites is 1. The molecule has 0 spiro atoms. The van der Waals surface area contributed by atoms with Crippen LogP contribution in [0.5, 0.6) is 0 Å². The highest BCUT2D eigenvalue weighted by Crippen LogP contribution is 2.18. The molecule has 3 N–H and O–H groups in total. The van der Waals surface area contributed by atoms with E-state index in [2.05, 4.69) is 14.9 Å². The van der Waals surface area contributed by atoms with Gasteiger partial charge in [0.05, 0.1) is 37.9 Å². The Hall–Kier alpha value is -1.76. The van der Waals surface area contributed by atoms with Gasteiger partial charge in [-0.05, 0) is 12.1 Å². The van der Waals surface area contributed by atoms with E-state index in [1.165, 1.54) is 0 Å². The van der Waals surface area contributed by atoms with Gasteiger partial charge in [-0.15, -0.1) is 0 Å². The molecule has 0 amide bonds. The molecule has 6 heteroatoms. The monoisotopic (exact) mass is 274 g/mol. The van der Waals surface area contributed by atoms with E-state index in [9.17, 15) is 5.11 Å². The molecule has 6 nitrogen and oxygen atoms in total. The number of morpholine rings is 1. The first-order chi connectivity index (χ1) is 9.78. The van der Waals surface area contributed by atoms with E-state index in [0.717, 1.165) is 17.4 Å². The second kappa shape index (κ2) is 5.70. The summed E-state index contributed by atoms with van der Waals surface area (Å²) in [6, 6.07) is 7.70. The summed E-state index contributed by atoms with van der Waals surface area (Å²) in [7, 11) is 0. The number of hydrogen-bond donors (Lipinski definition) is 2. The van der Waals surface area contributed by atoms with E-state index in [4.69, 9.17) is 10.5 Å². The summed E-state index contributed by atoms with van der Waals surface area (Å²) in [6.45, 7) is 2.62. The van der Waals surface area contributed by atoms with Crippen molar-refractivity contribution in [1.82, 2.24) is 14.9 Å². The molecule has 0 bridgehead atoms. The molecule has 1 aromatic carbocycles. The summed E-state index contributed by atoms with van der Waals surface area (Å²) in [5.41, 5.74) is 6.84. The zero-order valence-electron chi connectivity index (χ0n) is 11.2. The highest BCUT2D eigenvalue weighted by Gasteiger charge is 2.23. The molecule has 0 saturated carbocycles. The molecule has 1 aromatic heterocycles. The maximum Gasteiger partial charge on any atom is 0.145 e. The Morgan fingerprint density at radius 2 is 2.20 bits per heavy atom. The SMILES string of the molecule is Nc1nc(CN2CCOCC2CO)nc2ccccc12. The lowest BCUT2D eigenvalue weighted by Gasteiger charge is -2.33. The van der Waals surface area contributed by atoms with Crippen molar-refractivity contribution in [2.24, 2.45) is 0 Å². The second-order valence-corrected chi connectivity index (χ2v) is 4.92. The van der Waals surface area contributed by atoms with Gasteiger partial charge in [0.1, 0.15) is 11.6 Å². The molecule has 0 aliphatic carbocycles. The number of aliphatic hydroxyl groups excluding tert-OH is 1. The maximum absolute atomic E-state index is 9.38. The van der Waals surface area contributed by atoms with Crippen LogP contribution in [0.3, 0.4) is 0 Å². The van der Waals surface area contributed by atoms with E-state index >= 15 is 0 Å². The van der Waals surface area contributed by atoms with Crippen LogP contribution in [-0.2, 0) is 11.3 Å². The second-order valence-electron chi connectivity index (χ2n) is 4.92. The average Bonchev–Trinajstić information content (AvgIpc) is 2.48. The third-order valence-electron chi connectivity index (χ3n) is 3.58. The Bertz CT molecular complexity index is 605. The van der Waals surface area contributed by atoms with Gasteiger partial charge in [-0.2, -0.15) is 0 Å². The molecule has 1 saturated heterocycles. The molecular weight excluding hydrogens is 256 g/mol. The van der Waals surface area contributed by atoms with Crippen molar-refractivity contribution in [3.8, 4) is 0 Å². The standard InChI is InChI=1S/C14H18N4O2/c15-14-11-3-1-2-4-12(11)16-13(17-14)7-18-5-6-20-9-10(18)8-19/h1-4,10,19H,5-9H2,(H2,15,16,17). The zero-order valence-corrected chi connectivity index (χ0v) is 11.2. The molecule has 1 fully saturated rings. The number of nitrogens with two attached hydrogens (primary N) is 1. The van der Waals surface area contributed by atoms with Crippen LogP contribution < -0.4 is 5.73 Å². The molecular formula is C14H18N4O2. The quantitative estimate of drug-likeness (QED) is 0.843. The summed E-state index contributed by atoms with van der Waals surface area (Å²) >= 11 is 0. The van der Waals surface area contributed by atoms with Crippen molar-refractivity contribution in [1.29, 1.82) is 0 Å². The van der Waals surface area contributed by atoms with Gasteiger partial charge in [0.2, 0.25) is 0 Å². The van der Waals surface area contributed by atoms with Gasteiger partial charge in [0.25, 0.3) is 0 Å². The third-order valence-corrected chi connectivity index (χ3v) is 3.58. The van der Waals surface area contributed by atoms with Gasteiger partial charge in [-0.1, -0.05) is 12.1 Å². The lowest BCUT2D eigenvalue weighted by atomic mass is 10.2. The molecule has 0 radical (unpaired) electrons. The first kappa shape index (κ1) is 13.2. The van der Waals surface area contributed by atoms with E-state index < -0.39 is 0 Å². The fourth-order valence-electron chi connectivity index (χ4n) is 2.47. The van der Waals surface area contributed by atoms with Crippen LogP contribution in [0.15, 0.2) is 24.3 Å². The third kappa shape index (κ3) is 2.58. The fraction of sp³-hybridized carbons (Fsp3) is 0.429. The van der Waals surface area contributed by atoms with Crippen molar-refractivity contribution in [2.75, 3.05) is 32.1 Å². The normalized spacial score (nSPS) is 20.4. The van der Waals surface area contributed by atoms with E-state index in [1.807, 2.05) is 24.3 Å². The Labute approximate surface area is 117 Å². The Morgan fingerprint density at radius 1 is 1.35 bits per heavy atom. The number of nitrogen functional groups attached to an aromatic ring is 1. The average molecular weight is 274 g/mol. The minimum absolute atomic E-state index is 0.0000415. The van der Waals surface area contributed by atoms with Crippen LogP contribution >= 0.6 is 0 Å². The molecule has 1 atom stereocenters. The van der Waals surface area contributed by atoms with Crippen molar-refractivity contribution in [3.05, 3.63) is 30.1 Å². The number of hydrogen-bond acceptors (Lipinski definition) is 6. The number of aromatic nitrogens is 2. The molecule has 106 valence electrons. The molecule has 2 aromatic rings. The maximum atomic E-state index is 9.38. The highest BCUT2D eigenvalue weighted by atomic mass is 16.5. The fourth-order valence-corrected chi connectivity index (χ4v) is 2.47. The molecule has 20 heavy (non-hydrogen) atoms. The predicted molar refractivity (Wildman–Crippen MR) is 76.1 cm³/mol. The van der Waals surface area contributed by atoms with E-state index in [1.54, 1.807) is 0 Å². The van der Waals surface area contributed by atoms with Crippen LogP contribution in [0.2, 0.25) is 0 Å². The van der Waals surface area contributed by atoms with Crippen LogP contribution in [0.1, 0.15) is 5.82 Å². The molecule has 1 aliphatic heterocycles. The molecule has 2 heterocycles. The Kier molecular flexibility index (Phi) is 3.77. The van der Waals surface area contributed by atoms with Crippen molar-refractivity contribution >= 4 is 16.7 Å². The number of aliphatic hydroxyl groups is 1. The number of rotatable bonds is 3. The Morgan fingerprint density at radius 3 is 3.05 bits per heavy atom. The van der Waals surface area contributed by atoms with Crippen molar-refractivity contribution < 1.29 is 9.84 Å². The number of anilines is 1. The predicted octanol–water partition coefficient (Wildman–Crippen LogP) is 0.405. The lowest BCUT2D eigenvalue weighted by molar-refractivity contribution is -0.0322. The molecule has 1 aliphatic rings. The van der Waals surface area contributed by atoms with Crippen LogP contribution in [-0.4, -0.2) is 52.4 Å². The van der Waals surface area contributed by atoms with Crippen molar-refractivity contribution in [2.45, 2.75) is 12.6 Å². The van der Waals surface area contributed by atoms with E-state index in [0.29, 0.717) is 31.4 Å². The van der Waals surface area contributed by atoms with Crippen molar-refractivity contribution in [3.63, 3.8) is 0 Å². The van der Waals surface area contributed by atoms with Crippen LogP contribution in [0.25, 0.3) is 10.9 Å². The van der Waals surface area contributed by atoms with Crippen LogP contribution in [0, 0.1) is 0 Å². The number of benzene rings is 1. The van der Waals surface area contributed by atoms with Gasteiger partial charge in [0.15, 0.2) is 0 Å². The molecule has 3 rings (SSSR count). The summed E-state index contributed by atoms with van der Waals surface area (Å²) in [5, 5.41) is 10.3. The van der Waals surface area contributed by atoms with Gasteiger partial charge in [0, 0.05) is 11.9 Å². The van der Waals surface area contributed by atoms with Gasteiger partial charge in [-0.3, -0.25) is 4.90 Å².